The average molecular weight is 542 g/mol. The number of hydrogen-bond donors (Lipinski definition) is 1. The number of hydrogen-bond acceptors (Lipinski definition) is 7. The lowest BCUT2D eigenvalue weighted by Crippen LogP contribution is -2.47. The first-order valence-electron chi connectivity index (χ1n) is 13.5. The van der Waals surface area contributed by atoms with Crippen molar-refractivity contribution in [1.82, 2.24) is 20.3 Å². The Kier molecular flexibility index (Phi) is 7.22. The van der Waals surface area contributed by atoms with Crippen LogP contribution in [-0.2, 0) is 16.1 Å². The molecule has 0 radical (unpaired) electrons. The highest BCUT2D eigenvalue weighted by atomic mass is 16.6. The second-order valence-corrected chi connectivity index (χ2v) is 10.00. The van der Waals surface area contributed by atoms with Gasteiger partial charge in [-0.1, -0.05) is 42.3 Å². The number of ether oxygens (including phenoxy) is 3. The second-order valence-electron chi connectivity index (χ2n) is 10.00. The molecule has 1 atom stereocenters. The summed E-state index contributed by atoms with van der Waals surface area (Å²) in [5, 5.41) is 11.6. The van der Waals surface area contributed by atoms with E-state index >= 15 is 0 Å². The molecule has 1 unspecified atom stereocenters. The number of rotatable bonds is 8. The van der Waals surface area contributed by atoms with Crippen LogP contribution in [0.3, 0.4) is 0 Å². The first-order chi connectivity index (χ1) is 19.6. The lowest BCUT2D eigenvalue weighted by molar-refractivity contribution is -0.127. The van der Waals surface area contributed by atoms with Crippen LogP contribution < -0.4 is 24.4 Å². The minimum atomic E-state index is -0.972. The van der Waals surface area contributed by atoms with Crippen molar-refractivity contribution in [3.05, 3.63) is 72.3 Å². The van der Waals surface area contributed by atoms with E-state index in [9.17, 15) is 9.59 Å². The molecule has 1 N–H and O–H groups in total. The van der Waals surface area contributed by atoms with Crippen molar-refractivity contribution in [2.24, 2.45) is 0 Å². The van der Waals surface area contributed by atoms with Crippen molar-refractivity contribution in [2.75, 3.05) is 25.2 Å². The fourth-order valence-electron chi connectivity index (χ4n) is 5.44. The number of carbonyl (C=O) groups excluding carboxylic acids is 2. The van der Waals surface area contributed by atoms with Crippen LogP contribution in [0.5, 0.6) is 17.2 Å². The van der Waals surface area contributed by atoms with Gasteiger partial charge in [-0.3, -0.25) is 14.5 Å². The van der Waals surface area contributed by atoms with Gasteiger partial charge in [-0.25, -0.2) is 4.68 Å². The van der Waals surface area contributed by atoms with E-state index in [1.54, 1.807) is 36.1 Å². The number of anilines is 1. The topological polar surface area (TPSA) is 108 Å². The zero-order valence-corrected chi connectivity index (χ0v) is 22.3. The number of nitrogens with one attached hydrogen (secondary N) is 1. The number of carbonyl (C=O) groups is 2. The monoisotopic (exact) mass is 541 g/mol. The van der Waals surface area contributed by atoms with E-state index in [1.165, 1.54) is 4.90 Å². The molecule has 0 saturated heterocycles. The van der Waals surface area contributed by atoms with E-state index in [-0.39, 0.29) is 24.4 Å². The molecule has 0 spiro atoms. The van der Waals surface area contributed by atoms with Gasteiger partial charge in [0.1, 0.15) is 37.1 Å². The van der Waals surface area contributed by atoms with Crippen LogP contribution in [0.1, 0.15) is 37.3 Å². The van der Waals surface area contributed by atoms with E-state index in [2.05, 4.69) is 15.6 Å². The Labute approximate surface area is 231 Å². The summed E-state index contributed by atoms with van der Waals surface area (Å²) in [4.78, 5) is 29.9. The van der Waals surface area contributed by atoms with E-state index in [0.717, 1.165) is 31.2 Å². The van der Waals surface area contributed by atoms with Crippen LogP contribution in [0.2, 0.25) is 0 Å². The lowest BCUT2D eigenvalue weighted by atomic mass is 10.0. The Morgan fingerprint density at radius 1 is 1.02 bits per heavy atom. The molecule has 1 aromatic heterocycles. The Morgan fingerprint density at radius 2 is 1.82 bits per heavy atom. The van der Waals surface area contributed by atoms with E-state index in [4.69, 9.17) is 14.2 Å². The Balaban J connectivity index is 1.45. The van der Waals surface area contributed by atoms with E-state index < -0.39 is 6.04 Å². The second kappa shape index (κ2) is 11.3. The lowest BCUT2D eigenvalue weighted by Gasteiger charge is -2.33. The average Bonchev–Trinajstić information content (AvgIpc) is 3.65. The molecular formula is C30H31N5O5. The Bertz CT molecular complexity index is 1530. The number of fused-ring (bicyclic) bond motifs is 2. The molecule has 2 heterocycles. The highest BCUT2D eigenvalue weighted by Crippen LogP contribution is 2.38. The van der Waals surface area contributed by atoms with Gasteiger partial charge in [-0.2, -0.15) is 0 Å². The number of para-hydroxylation sites is 1. The molecule has 2 amide bonds. The minimum absolute atomic E-state index is 0.0667. The zero-order valence-electron chi connectivity index (χ0n) is 22.3. The predicted octanol–water partition coefficient (Wildman–Crippen LogP) is 4.04. The van der Waals surface area contributed by atoms with Gasteiger partial charge in [0.05, 0.1) is 12.6 Å². The molecular weight excluding hydrogens is 510 g/mol. The van der Waals surface area contributed by atoms with Crippen LogP contribution in [0.25, 0.3) is 11.0 Å². The summed E-state index contributed by atoms with van der Waals surface area (Å²) in [6.45, 7) is 0.730. The third kappa shape index (κ3) is 5.16. The maximum absolute atomic E-state index is 14.3. The number of methoxy groups -OCH3 is 1. The third-order valence-corrected chi connectivity index (χ3v) is 7.40. The van der Waals surface area contributed by atoms with E-state index in [0.29, 0.717) is 47.2 Å². The quantitative estimate of drug-likeness (QED) is 0.359. The van der Waals surface area contributed by atoms with Crippen molar-refractivity contribution in [3.63, 3.8) is 0 Å². The predicted molar refractivity (Wildman–Crippen MR) is 149 cm³/mol. The van der Waals surface area contributed by atoms with Gasteiger partial charge in [-0.05, 0) is 54.8 Å². The van der Waals surface area contributed by atoms with Gasteiger partial charge in [0.2, 0.25) is 11.8 Å². The third-order valence-electron chi connectivity index (χ3n) is 7.40. The SMILES string of the molecule is COc1cccc(C(C(=O)NC2CCCC2)N(C(=O)Cn2nnc3ccccc32)c2ccc3c(c2)OCCO3)c1. The van der Waals surface area contributed by atoms with Gasteiger partial charge in [-0.15, -0.1) is 5.10 Å². The smallest absolute Gasteiger partial charge is 0.249 e. The fraction of sp³-hybridized carbons (Fsp3) is 0.333. The molecule has 40 heavy (non-hydrogen) atoms. The van der Waals surface area contributed by atoms with Crippen LogP contribution >= 0.6 is 0 Å². The first-order valence-corrected chi connectivity index (χ1v) is 13.5. The summed E-state index contributed by atoms with van der Waals surface area (Å²) in [5.74, 6) is 1.12. The van der Waals surface area contributed by atoms with Gasteiger partial charge < -0.3 is 19.5 Å². The molecule has 0 bridgehead atoms. The molecule has 2 aliphatic rings. The van der Waals surface area contributed by atoms with Crippen LogP contribution in [0.15, 0.2) is 66.7 Å². The Morgan fingerprint density at radius 3 is 2.65 bits per heavy atom. The van der Waals surface area contributed by atoms with Gasteiger partial charge in [0.25, 0.3) is 0 Å². The van der Waals surface area contributed by atoms with Crippen molar-refractivity contribution < 1.29 is 23.8 Å². The summed E-state index contributed by atoms with van der Waals surface area (Å²) in [6.07, 6.45) is 3.97. The van der Waals surface area contributed by atoms with Crippen molar-refractivity contribution in [2.45, 2.75) is 44.3 Å². The maximum Gasteiger partial charge on any atom is 0.249 e. The number of aromatic nitrogens is 3. The summed E-state index contributed by atoms with van der Waals surface area (Å²) in [7, 11) is 1.58. The molecule has 6 rings (SSSR count). The molecule has 10 nitrogen and oxygen atoms in total. The summed E-state index contributed by atoms with van der Waals surface area (Å²) < 4.78 is 18.6. The molecule has 1 fully saturated rings. The molecule has 206 valence electrons. The molecule has 1 saturated carbocycles. The molecule has 1 aliphatic carbocycles. The minimum Gasteiger partial charge on any atom is -0.497 e. The number of benzene rings is 3. The fourth-order valence-corrected chi connectivity index (χ4v) is 5.44. The van der Waals surface area contributed by atoms with Crippen molar-refractivity contribution in [1.29, 1.82) is 0 Å². The molecule has 3 aromatic carbocycles. The summed E-state index contributed by atoms with van der Waals surface area (Å²) in [6, 6.07) is 19.1. The summed E-state index contributed by atoms with van der Waals surface area (Å²) >= 11 is 0. The Hall–Kier alpha value is -4.60. The molecule has 4 aromatic rings. The molecule has 10 heteroatoms. The number of nitrogens with zero attached hydrogens (tertiary/aromatic N) is 4. The summed E-state index contributed by atoms with van der Waals surface area (Å²) in [5.41, 5.74) is 2.55. The normalized spacial score (nSPS) is 15.5. The zero-order chi connectivity index (χ0) is 27.5. The van der Waals surface area contributed by atoms with Gasteiger partial charge in [0, 0.05) is 17.8 Å². The van der Waals surface area contributed by atoms with Crippen LogP contribution in [0.4, 0.5) is 5.69 Å². The van der Waals surface area contributed by atoms with Gasteiger partial charge >= 0.3 is 0 Å². The molecule has 1 aliphatic heterocycles. The van der Waals surface area contributed by atoms with Crippen molar-refractivity contribution >= 4 is 28.5 Å². The van der Waals surface area contributed by atoms with Gasteiger partial charge in [0.15, 0.2) is 11.5 Å². The first kappa shape index (κ1) is 25.7. The van der Waals surface area contributed by atoms with Crippen molar-refractivity contribution in [3.8, 4) is 17.2 Å². The highest BCUT2D eigenvalue weighted by molar-refractivity contribution is 6.02. The maximum atomic E-state index is 14.3. The highest BCUT2D eigenvalue weighted by Gasteiger charge is 2.35. The van der Waals surface area contributed by atoms with Crippen LogP contribution in [-0.4, -0.2) is 53.2 Å². The van der Waals surface area contributed by atoms with E-state index in [1.807, 2.05) is 42.5 Å². The number of amides is 2. The standard InChI is InChI=1S/C30H31N5O5/c1-38-23-10-6-7-20(17-23)29(30(37)31-21-8-2-3-9-21)35(22-13-14-26-27(18-22)40-16-15-39-26)28(36)19-34-25-12-5-4-11-24(25)32-33-34/h4-7,10-14,17-18,21,29H,2-3,8-9,15-16,19H2,1H3,(H,31,37). The van der Waals surface area contributed by atoms with Crippen LogP contribution in [0, 0.1) is 0 Å². The largest absolute Gasteiger partial charge is 0.497 e.